The SMILES string of the molecule is C=C(C)COC(CC)N=C=O. The van der Waals surface area contributed by atoms with Crippen LogP contribution in [-0.4, -0.2) is 18.9 Å². The fourth-order valence-corrected chi connectivity index (χ4v) is 0.544. The first-order valence-corrected chi connectivity index (χ1v) is 3.53. The third-order valence-corrected chi connectivity index (χ3v) is 1.07. The van der Waals surface area contributed by atoms with Crippen molar-refractivity contribution in [1.82, 2.24) is 0 Å². The molecular weight excluding hydrogens is 142 g/mol. The van der Waals surface area contributed by atoms with Crippen LogP contribution in [0.4, 0.5) is 0 Å². The molecule has 0 heterocycles. The van der Waals surface area contributed by atoms with E-state index in [1.807, 2.05) is 13.8 Å². The summed E-state index contributed by atoms with van der Waals surface area (Å²) in [6.45, 7) is 7.86. The summed E-state index contributed by atoms with van der Waals surface area (Å²) in [6, 6.07) is 0. The van der Waals surface area contributed by atoms with E-state index in [-0.39, 0.29) is 6.23 Å². The Balaban J connectivity index is 3.69. The highest BCUT2D eigenvalue weighted by Crippen LogP contribution is 2.00. The topological polar surface area (TPSA) is 38.7 Å². The fourth-order valence-electron chi connectivity index (χ4n) is 0.544. The van der Waals surface area contributed by atoms with Crippen molar-refractivity contribution in [1.29, 1.82) is 0 Å². The van der Waals surface area contributed by atoms with E-state index in [1.54, 1.807) is 0 Å². The summed E-state index contributed by atoms with van der Waals surface area (Å²) < 4.78 is 5.16. The molecule has 0 saturated heterocycles. The summed E-state index contributed by atoms with van der Waals surface area (Å²) in [4.78, 5) is 13.3. The second-order valence-electron chi connectivity index (χ2n) is 2.35. The Morgan fingerprint density at radius 2 is 2.45 bits per heavy atom. The molecule has 0 rings (SSSR count). The Labute approximate surface area is 66.8 Å². The Morgan fingerprint density at radius 1 is 1.82 bits per heavy atom. The van der Waals surface area contributed by atoms with Crippen molar-refractivity contribution in [2.45, 2.75) is 26.5 Å². The highest BCUT2D eigenvalue weighted by atomic mass is 16.5. The molecule has 0 radical (unpaired) electrons. The standard InChI is InChI=1S/C8H13NO2/c1-4-8(9-6-10)11-5-7(2)3/h8H,2,4-5H2,1,3H3. The molecule has 0 saturated carbocycles. The maximum absolute atomic E-state index is 9.82. The molecule has 0 aliphatic heterocycles. The summed E-state index contributed by atoms with van der Waals surface area (Å²) >= 11 is 0. The number of carbonyl (C=O) groups excluding carboxylic acids is 1. The number of rotatable bonds is 5. The highest BCUT2D eigenvalue weighted by Gasteiger charge is 2.01. The van der Waals surface area contributed by atoms with Gasteiger partial charge in [-0.05, 0) is 13.3 Å². The zero-order chi connectivity index (χ0) is 8.69. The minimum absolute atomic E-state index is 0.357. The molecule has 3 heteroatoms. The van der Waals surface area contributed by atoms with Crippen molar-refractivity contribution < 1.29 is 9.53 Å². The first kappa shape index (κ1) is 10.1. The van der Waals surface area contributed by atoms with Gasteiger partial charge in [-0.25, -0.2) is 4.79 Å². The van der Waals surface area contributed by atoms with E-state index in [2.05, 4.69) is 11.6 Å². The third kappa shape index (κ3) is 5.52. The number of hydrogen-bond donors (Lipinski definition) is 0. The van der Waals surface area contributed by atoms with Gasteiger partial charge in [-0.15, -0.1) is 0 Å². The van der Waals surface area contributed by atoms with E-state index in [9.17, 15) is 4.79 Å². The van der Waals surface area contributed by atoms with Crippen molar-refractivity contribution in [3.63, 3.8) is 0 Å². The summed E-state index contributed by atoms with van der Waals surface area (Å²) in [7, 11) is 0. The lowest BCUT2D eigenvalue weighted by atomic mass is 10.4. The first-order chi connectivity index (χ1) is 5.20. The molecule has 1 atom stereocenters. The van der Waals surface area contributed by atoms with Gasteiger partial charge in [-0.2, -0.15) is 4.99 Å². The van der Waals surface area contributed by atoms with E-state index in [4.69, 9.17) is 4.74 Å². The first-order valence-electron chi connectivity index (χ1n) is 3.53. The Morgan fingerprint density at radius 3 is 2.82 bits per heavy atom. The number of nitrogens with zero attached hydrogens (tertiary/aromatic N) is 1. The zero-order valence-corrected chi connectivity index (χ0v) is 6.96. The average molecular weight is 155 g/mol. The zero-order valence-electron chi connectivity index (χ0n) is 6.96. The van der Waals surface area contributed by atoms with Crippen LogP contribution in [0.25, 0.3) is 0 Å². The van der Waals surface area contributed by atoms with Crippen LogP contribution in [-0.2, 0) is 9.53 Å². The molecule has 0 aromatic rings. The van der Waals surface area contributed by atoms with Crippen molar-refractivity contribution in [2.75, 3.05) is 6.61 Å². The van der Waals surface area contributed by atoms with Gasteiger partial charge in [0.25, 0.3) is 0 Å². The van der Waals surface area contributed by atoms with Gasteiger partial charge in [0.15, 0.2) is 6.23 Å². The predicted octanol–water partition coefficient (Wildman–Crippen LogP) is 1.65. The molecule has 0 aliphatic carbocycles. The van der Waals surface area contributed by atoms with Gasteiger partial charge in [0.1, 0.15) is 0 Å². The average Bonchev–Trinajstić information content (AvgIpc) is 1.97. The molecule has 0 spiro atoms. The fraction of sp³-hybridized carbons (Fsp3) is 0.625. The van der Waals surface area contributed by atoms with Crippen LogP contribution in [0, 0.1) is 0 Å². The molecule has 0 N–H and O–H groups in total. The molecule has 0 amide bonds. The minimum Gasteiger partial charge on any atom is -0.351 e. The summed E-state index contributed by atoms with van der Waals surface area (Å²) in [5, 5.41) is 0. The van der Waals surface area contributed by atoms with Gasteiger partial charge in [0.05, 0.1) is 6.61 Å². The largest absolute Gasteiger partial charge is 0.351 e. The second kappa shape index (κ2) is 5.83. The van der Waals surface area contributed by atoms with Gasteiger partial charge in [-0.1, -0.05) is 19.1 Å². The third-order valence-electron chi connectivity index (χ3n) is 1.07. The Hall–Kier alpha value is -0.920. The van der Waals surface area contributed by atoms with Crippen molar-refractivity contribution >= 4 is 6.08 Å². The molecule has 62 valence electrons. The summed E-state index contributed by atoms with van der Waals surface area (Å²) in [5.41, 5.74) is 0.921. The lowest BCUT2D eigenvalue weighted by molar-refractivity contribution is 0.0740. The van der Waals surface area contributed by atoms with Crippen molar-refractivity contribution in [3.8, 4) is 0 Å². The molecule has 3 nitrogen and oxygen atoms in total. The van der Waals surface area contributed by atoms with Crippen LogP contribution in [0.3, 0.4) is 0 Å². The lowest BCUT2D eigenvalue weighted by Crippen LogP contribution is -2.09. The molecule has 0 aliphatic rings. The van der Waals surface area contributed by atoms with Gasteiger partial charge in [0.2, 0.25) is 6.08 Å². The predicted molar refractivity (Wildman–Crippen MR) is 43.0 cm³/mol. The van der Waals surface area contributed by atoms with Crippen LogP contribution < -0.4 is 0 Å². The maximum Gasteiger partial charge on any atom is 0.237 e. The summed E-state index contributed by atoms with van der Waals surface area (Å²) in [6.07, 6.45) is 1.79. The lowest BCUT2D eigenvalue weighted by Gasteiger charge is -2.08. The van der Waals surface area contributed by atoms with Gasteiger partial charge >= 0.3 is 0 Å². The van der Waals surface area contributed by atoms with Crippen LogP contribution in [0.2, 0.25) is 0 Å². The van der Waals surface area contributed by atoms with E-state index < -0.39 is 0 Å². The van der Waals surface area contributed by atoms with Gasteiger partial charge < -0.3 is 4.74 Å². The van der Waals surface area contributed by atoms with E-state index >= 15 is 0 Å². The quantitative estimate of drug-likeness (QED) is 0.344. The second-order valence-corrected chi connectivity index (χ2v) is 2.35. The van der Waals surface area contributed by atoms with Crippen molar-refractivity contribution in [2.24, 2.45) is 4.99 Å². The van der Waals surface area contributed by atoms with E-state index in [0.29, 0.717) is 13.0 Å². The monoisotopic (exact) mass is 155 g/mol. The Bertz CT molecular complexity index is 171. The van der Waals surface area contributed by atoms with E-state index in [0.717, 1.165) is 5.57 Å². The van der Waals surface area contributed by atoms with Crippen LogP contribution in [0.5, 0.6) is 0 Å². The number of ether oxygens (including phenoxy) is 1. The van der Waals surface area contributed by atoms with Crippen LogP contribution >= 0.6 is 0 Å². The number of isocyanates is 1. The summed E-state index contributed by atoms with van der Waals surface area (Å²) in [5.74, 6) is 0. The molecule has 0 aromatic carbocycles. The van der Waals surface area contributed by atoms with E-state index in [1.165, 1.54) is 6.08 Å². The molecular formula is C8H13NO2. The minimum atomic E-state index is -0.357. The Kier molecular flexibility index (Phi) is 5.35. The molecule has 11 heavy (non-hydrogen) atoms. The molecule has 0 aromatic heterocycles. The smallest absolute Gasteiger partial charge is 0.237 e. The molecule has 0 bridgehead atoms. The number of aliphatic imine (C=N–C) groups is 1. The maximum atomic E-state index is 9.82. The normalized spacial score (nSPS) is 11.8. The van der Waals surface area contributed by atoms with Crippen LogP contribution in [0.1, 0.15) is 20.3 Å². The molecule has 1 unspecified atom stereocenters. The van der Waals surface area contributed by atoms with Crippen LogP contribution in [0.15, 0.2) is 17.1 Å². The number of hydrogen-bond acceptors (Lipinski definition) is 3. The highest BCUT2D eigenvalue weighted by molar-refractivity contribution is 5.33. The van der Waals surface area contributed by atoms with Gasteiger partial charge in [0, 0.05) is 0 Å². The van der Waals surface area contributed by atoms with Gasteiger partial charge in [-0.3, -0.25) is 0 Å². The molecule has 0 fully saturated rings. The van der Waals surface area contributed by atoms with Crippen molar-refractivity contribution in [3.05, 3.63) is 12.2 Å².